The molecule has 0 amide bonds. The summed E-state index contributed by atoms with van der Waals surface area (Å²) < 4.78 is 18.6. The highest BCUT2D eigenvalue weighted by Gasteiger charge is 2.10. The molecule has 2 rings (SSSR count). The summed E-state index contributed by atoms with van der Waals surface area (Å²) in [6, 6.07) is 4.25. The minimum Gasteiger partial charge on any atom is -0.492 e. The minimum atomic E-state index is -0.345. The molecule has 0 spiro atoms. The van der Waals surface area contributed by atoms with Gasteiger partial charge in [0.15, 0.2) is 0 Å². The van der Waals surface area contributed by atoms with Crippen molar-refractivity contribution in [2.75, 3.05) is 26.2 Å². The lowest BCUT2D eigenvalue weighted by molar-refractivity contribution is 0.180. The molecule has 1 aromatic carbocycles. The third-order valence-corrected chi connectivity index (χ3v) is 3.31. The van der Waals surface area contributed by atoms with Crippen LogP contribution < -0.4 is 4.74 Å². The fourth-order valence-corrected chi connectivity index (χ4v) is 2.28. The van der Waals surface area contributed by atoms with Gasteiger partial charge in [0.25, 0.3) is 0 Å². The van der Waals surface area contributed by atoms with Crippen LogP contribution in [0.1, 0.15) is 24.8 Å². The van der Waals surface area contributed by atoms with Crippen molar-refractivity contribution in [3.05, 3.63) is 29.6 Å². The second-order valence-electron chi connectivity index (χ2n) is 4.66. The Morgan fingerprint density at radius 2 is 2.00 bits per heavy atom. The van der Waals surface area contributed by atoms with Crippen molar-refractivity contribution in [2.45, 2.75) is 25.9 Å². The Bertz CT molecular complexity index is 378. The van der Waals surface area contributed by atoms with Crippen molar-refractivity contribution >= 4 is 0 Å². The van der Waals surface area contributed by atoms with Gasteiger partial charge in [0.2, 0.25) is 0 Å². The van der Waals surface area contributed by atoms with E-state index in [0.717, 1.165) is 19.6 Å². The first-order valence-corrected chi connectivity index (χ1v) is 6.54. The van der Waals surface area contributed by atoms with Gasteiger partial charge in [-0.25, -0.2) is 4.39 Å². The molecule has 1 heterocycles. The van der Waals surface area contributed by atoms with Crippen LogP contribution in [-0.2, 0) is 6.61 Å². The van der Waals surface area contributed by atoms with Gasteiger partial charge in [-0.15, -0.1) is 0 Å². The Labute approximate surface area is 107 Å². The zero-order valence-corrected chi connectivity index (χ0v) is 10.6. The van der Waals surface area contributed by atoms with Crippen LogP contribution in [-0.4, -0.2) is 36.2 Å². The number of rotatable bonds is 5. The average Bonchev–Trinajstić information content (AvgIpc) is 2.41. The molecule has 0 unspecified atom stereocenters. The van der Waals surface area contributed by atoms with Gasteiger partial charge < -0.3 is 9.84 Å². The van der Waals surface area contributed by atoms with E-state index in [9.17, 15) is 4.39 Å². The standard InChI is InChI=1S/C14H20FNO2/c15-13-4-5-14(12(10-13)11-17)18-9-8-16-6-2-1-3-7-16/h4-5,10,17H,1-3,6-9,11H2. The molecule has 1 fully saturated rings. The van der Waals surface area contributed by atoms with E-state index in [1.807, 2.05) is 0 Å². The molecule has 0 bridgehead atoms. The van der Waals surface area contributed by atoms with Crippen LogP contribution >= 0.6 is 0 Å². The highest BCUT2D eigenvalue weighted by Crippen LogP contribution is 2.19. The first-order chi connectivity index (χ1) is 8.79. The van der Waals surface area contributed by atoms with Crippen molar-refractivity contribution < 1.29 is 14.2 Å². The molecule has 0 saturated carbocycles. The lowest BCUT2D eigenvalue weighted by Crippen LogP contribution is -2.33. The summed E-state index contributed by atoms with van der Waals surface area (Å²) >= 11 is 0. The summed E-state index contributed by atoms with van der Waals surface area (Å²) in [5.74, 6) is 0.235. The second kappa shape index (κ2) is 6.71. The Kier molecular flexibility index (Phi) is 4.96. The zero-order valence-electron chi connectivity index (χ0n) is 10.6. The number of halogens is 1. The third kappa shape index (κ3) is 3.68. The lowest BCUT2D eigenvalue weighted by atomic mass is 10.1. The van der Waals surface area contributed by atoms with Crippen molar-refractivity contribution in [3.8, 4) is 5.75 Å². The molecule has 100 valence electrons. The fourth-order valence-electron chi connectivity index (χ4n) is 2.28. The third-order valence-electron chi connectivity index (χ3n) is 3.31. The van der Waals surface area contributed by atoms with Gasteiger partial charge in [0.05, 0.1) is 6.61 Å². The van der Waals surface area contributed by atoms with Crippen molar-refractivity contribution in [3.63, 3.8) is 0 Å². The van der Waals surface area contributed by atoms with E-state index >= 15 is 0 Å². The number of nitrogens with zero attached hydrogens (tertiary/aromatic N) is 1. The smallest absolute Gasteiger partial charge is 0.125 e. The quantitative estimate of drug-likeness (QED) is 0.873. The van der Waals surface area contributed by atoms with Crippen LogP contribution in [0, 0.1) is 5.82 Å². The molecule has 4 heteroatoms. The number of hydrogen-bond donors (Lipinski definition) is 1. The molecular formula is C14H20FNO2. The molecule has 1 aliphatic rings. The van der Waals surface area contributed by atoms with Crippen LogP contribution in [0.4, 0.5) is 4.39 Å². The largest absolute Gasteiger partial charge is 0.492 e. The zero-order chi connectivity index (χ0) is 12.8. The van der Waals surface area contributed by atoms with E-state index in [-0.39, 0.29) is 12.4 Å². The van der Waals surface area contributed by atoms with Crippen LogP contribution in [0.25, 0.3) is 0 Å². The van der Waals surface area contributed by atoms with Crippen LogP contribution in [0.5, 0.6) is 5.75 Å². The van der Waals surface area contributed by atoms with Crippen molar-refractivity contribution in [1.82, 2.24) is 4.90 Å². The summed E-state index contributed by atoms with van der Waals surface area (Å²) in [7, 11) is 0. The summed E-state index contributed by atoms with van der Waals surface area (Å²) in [5, 5.41) is 9.13. The highest BCUT2D eigenvalue weighted by atomic mass is 19.1. The van der Waals surface area contributed by atoms with E-state index in [2.05, 4.69) is 4.90 Å². The number of ether oxygens (including phenoxy) is 1. The van der Waals surface area contributed by atoms with Gasteiger partial charge in [-0.3, -0.25) is 4.90 Å². The topological polar surface area (TPSA) is 32.7 Å². The monoisotopic (exact) mass is 253 g/mol. The Morgan fingerprint density at radius 1 is 1.22 bits per heavy atom. The van der Waals surface area contributed by atoms with Gasteiger partial charge in [-0.2, -0.15) is 0 Å². The highest BCUT2D eigenvalue weighted by molar-refractivity contribution is 5.33. The molecule has 0 atom stereocenters. The molecule has 1 saturated heterocycles. The van der Waals surface area contributed by atoms with Crippen molar-refractivity contribution in [1.29, 1.82) is 0 Å². The predicted octanol–water partition coefficient (Wildman–Crippen LogP) is 2.18. The number of aliphatic hydroxyl groups is 1. The number of piperidine rings is 1. The summed E-state index contributed by atoms with van der Waals surface area (Å²) in [6.07, 6.45) is 3.85. The van der Waals surface area contributed by atoms with Gasteiger partial charge in [0.1, 0.15) is 18.2 Å². The van der Waals surface area contributed by atoms with Gasteiger partial charge >= 0.3 is 0 Å². The van der Waals surface area contributed by atoms with Gasteiger partial charge in [-0.1, -0.05) is 6.42 Å². The first-order valence-electron chi connectivity index (χ1n) is 6.54. The lowest BCUT2D eigenvalue weighted by Gasteiger charge is -2.26. The van der Waals surface area contributed by atoms with E-state index < -0.39 is 0 Å². The minimum absolute atomic E-state index is 0.198. The second-order valence-corrected chi connectivity index (χ2v) is 4.66. The Hall–Kier alpha value is -1.13. The first kappa shape index (κ1) is 13.3. The summed E-state index contributed by atoms with van der Waals surface area (Å²) in [6.45, 7) is 3.55. The molecule has 0 aliphatic carbocycles. The van der Waals surface area contributed by atoms with E-state index in [1.54, 1.807) is 6.07 Å². The molecule has 0 aromatic heterocycles. The number of benzene rings is 1. The van der Waals surface area contributed by atoms with E-state index in [4.69, 9.17) is 9.84 Å². The maximum atomic E-state index is 13.0. The maximum Gasteiger partial charge on any atom is 0.125 e. The molecule has 18 heavy (non-hydrogen) atoms. The molecule has 0 radical (unpaired) electrons. The Balaban J connectivity index is 1.82. The summed E-state index contributed by atoms with van der Waals surface area (Å²) in [4.78, 5) is 2.38. The summed E-state index contributed by atoms with van der Waals surface area (Å²) in [5.41, 5.74) is 0.508. The number of hydrogen-bond acceptors (Lipinski definition) is 3. The average molecular weight is 253 g/mol. The van der Waals surface area contributed by atoms with Crippen LogP contribution in [0.2, 0.25) is 0 Å². The van der Waals surface area contributed by atoms with E-state index in [0.29, 0.717) is 17.9 Å². The van der Waals surface area contributed by atoms with E-state index in [1.165, 1.54) is 31.4 Å². The SMILES string of the molecule is OCc1cc(F)ccc1OCCN1CCCCC1. The fraction of sp³-hybridized carbons (Fsp3) is 0.571. The molecular weight excluding hydrogens is 233 g/mol. The normalized spacial score (nSPS) is 16.8. The molecule has 1 aliphatic heterocycles. The predicted molar refractivity (Wildman–Crippen MR) is 68.1 cm³/mol. The molecule has 1 N–H and O–H groups in total. The Morgan fingerprint density at radius 3 is 2.72 bits per heavy atom. The van der Waals surface area contributed by atoms with Crippen LogP contribution in [0.3, 0.4) is 0 Å². The van der Waals surface area contributed by atoms with Gasteiger partial charge in [-0.05, 0) is 44.1 Å². The molecule has 1 aromatic rings. The maximum absolute atomic E-state index is 13.0. The van der Waals surface area contributed by atoms with Crippen molar-refractivity contribution in [2.24, 2.45) is 0 Å². The van der Waals surface area contributed by atoms with Gasteiger partial charge in [0, 0.05) is 12.1 Å². The number of likely N-dealkylation sites (tertiary alicyclic amines) is 1. The molecule has 3 nitrogen and oxygen atoms in total. The van der Waals surface area contributed by atoms with Crippen LogP contribution in [0.15, 0.2) is 18.2 Å². The number of aliphatic hydroxyl groups excluding tert-OH is 1.